The highest BCUT2D eigenvalue weighted by Gasteiger charge is 2.18. The van der Waals surface area contributed by atoms with E-state index in [-0.39, 0.29) is 0 Å². The summed E-state index contributed by atoms with van der Waals surface area (Å²) in [6.45, 7) is 6.19. The summed E-state index contributed by atoms with van der Waals surface area (Å²) in [4.78, 5) is 3.41. The molecule has 0 aliphatic heterocycles. The van der Waals surface area contributed by atoms with Crippen LogP contribution in [0.2, 0.25) is 0 Å². The topological polar surface area (TPSA) is 20.2 Å². The fraction of sp³-hybridized carbons (Fsp3) is 0.333. The molecule has 0 bridgehead atoms. The van der Waals surface area contributed by atoms with Crippen LogP contribution in [0.1, 0.15) is 31.9 Å². The zero-order chi connectivity index (χ0) is 11.0. The molecule has 1 unspecified atom stereocenters. The highest BCUT2D eigenvalue weighted by Crippen LogP contribution is 2.35. The molecular weight excluding hydrogens is 224 g/mol. The molecule has 0 aromatic carbocycles. The summed E-state index contributed by atoms with van der Waals surface area (Å²) in [5, 5.41) is 12.3. The summed E-state index contributed by atoms with van der Waals surface area (Å²) in [5.74, 6) is 0. The minimum atomic E-state index is -0.441. The molecule has 3 heteroatoms. The van der Waals surface area contributed by atoms with Gasteiger partial charge in [-0.1, -0.05) is 0 Å². The van der Waals surface area contributed by atoms with E-state index in [0.717, 1.165) is 9.75 Å². The van der Waals surface area contributed by atoms with Crippen LogP contribution in [-0.2, 0) is 0 Å². The van der Waals surface area contributed by atoms with Crippen molar-refractivity contribution >= 4 is 22.7 Å². The molecule has 2 aromatic heterocycles. The number of rotatable bonds is 2. The Bertz CT molecular complexity index is 468. The first-order valence-corrected chi connectivity index (χ1v) is 6.58. The van der Waals surface area contributed by atoms with Gasteiger partial charge in [0, 0.05) is 14.6 Å². The van der Waals surface area contributed by atoms with Gasteiger partial charge in [0.15, 0.2) is 0 Å². The van der Waals surface area contributed by atoms with Crippen molar-refractivity contribution in [2.24, 2.45) is 0 Å². The molecule has 15 heavy (non-hydrogen) atoms. The molecule has 2 rings (SSSR count). The van der Waals surface area contributed by atoms with Crippen LogP contribution in [0.25, 0.3) is 0 Å². The lowest BCUT2D eigenvalue weighted by Crippen LogP contribution is -1.97. The fourth-order valence-electron chi connectivity index (χ4n) is 1.71. The highest BCUT2D eigenvalue weighted by atomic mass is 32.1. The van der Waals surface area contributed by atoms with E-state index < -0.39 is 6.10 Å². The van der Waals surface area contributed by atoms with Crippen molar-refractivity contribution in [3.63, 3.8) is 0 Å². The second-order valence-corrected chi connectivity index (χ2v) is 6.01. The van der Waals surface area contributed by atoms with E-state index in [1.807, 2.05) is 12.3 Å². The zero-order valence-corrected chi connectivity index (χ0v) is 10.7. The molecule has 0 amide bonds. The van der Waals surface area contributed by atoms with Crippen LogP contribution in [0.4, 0.5) is 0 Å². The second-order valence-electron chi connectivity index (χ2n) is 3.77. The molecule has 0 saturated carbocycles. The van der Waals surface area contributed by atoms with Gasteiger partial charge < -0.3 is 5.11 Å². The van der Waals surface area contributed by atoms with E-state index in [0.29, 0.717) is 0 Å². The molecule has 0 radical (unpaired) electrons. The average molecular weight is 238 g/mol. The third-order valence-corrected chi connectivity index (χ3v) is 4.75. The van der Waals surface area contributed by atoms with E-state index in [1.165, 1.54) is 16.0 Å². The predicted molar refractivity (Wildman–Crippen MR) is 66.9 cm³/mol. The van der Waals surface area contributed by atoms with E-state index in [9.17, 15) is 5.11 Å². The van der Waals surface area contributed by atoms with Crippen molar-refractivity contribution in [2.45, 2.75) is 26.9 Å². The van der Waals surface area contributed by atoms with Gasteiger partial charge in [0.1, 0.15) is 6.10 Å². The quantitative estimate of drug-likeness (QED) is 0.843. The van der Waals surface area contributed by atoms with Crippen molar-refractivity contribution in [3.8, 4) is 0 Å². The average Bonchev–Trinajstić information content (AvgIpc) is 2.71. The fourth-order valence-corrected chi connectivity index (χ4v) is 3.74. The van der Waals surface area contributed by atoms with Gasteiger partial charge in [-0.3, -0.25) is 0 Å². The van der Waals surface area contributed by atoms with E-state index in [1.54, 1.807) is 22.7 Å². The van der Waals surface area contributed by atoms with E-state index >= 15 is 0 Å². The monoisotopic (exact) mass is 238 g/mol. The van der Waals surface area contributed by atoms with Crippen molar-refractivity contribution in [1.29, 1.82) is 0 Å². The Balaban J connectivity index is 2.40. The van der Waals surface area contributed by atoms with Crippen LogP contribution in [0.5, 0.6) is 0 Å². The molecule has 0 spiro atoms. The van der Waals surface area contributed by atoms with Crippen molar-refractivity contribution in [2.75, 3.05) is 0 Å². The Hall–Kier alpha value is -0.640. The van der Waals surface area contributed by atoms with E-state index in [4.69, 9.17) is 0 Å². The van der Waals surface area contributed by atoms with Gasteiger partial charge >= 0.3 is 0 Å². The van der Waals surface area contributed by atoms with Crippen LogP contribution in [0.3, 0.4) is 0 Å². The Morgan fingerprint density at radius 1 is 1.13 bits per heavy atom. The van der Waals surface area contributed by atoms with Crippen LogP contribution in [-0.4, -0.2) is 5.11 Å². The van der Waals surface area contributed by atoms with Gasteiger partial charge in [0.2, 0.25) is 0 Å². The molecule has 0 aliphatic carbocycles. The van der Waals surface area contributed by atoms with Crippen molar-refractivity contribution in [3.05, 3.63) is 43.3 Å². The minimum Gasteiger partial charge on any atom is -0.382 e. The van der Waals surface area contributed by atoms with Gasteiger partial charge in [-0.15, -0.1) is 22.7 Å². The van der Waals surface area contributed by atoms with Gasteiger partial charge in [0.25, 0.3) is 0 Å². The Morgan fingerprint density at radius 3 is 2.33 bits per heavy atom. The number of aryl methyl sites for hydroxylation is 3. The summed E-state index contributed by atoms with van der Waals surface area (Å²) >= 11 is 3.31. The lowest BCUT2D eigenvalue weighted by atomic mass is 10.1. The molecule has 80 valence electrons. The lowest BCUT2D eigenvalue weighted by molar-refractivity contribution is 0.226. The predicted octanol–water partition coefficient (Wildman–Crippen LogP) is 3.82. The molecule has 2 aromatic rings. The SMILES string of the molecule is Cc1cc(C)c(C(O)c2sccc2C)s1. The minimum absolute atomic E-state index is 0.441. The molecule has 1 N–H and O–H groups in total. The number of thiophene rings is 2. The Morgan fingerprint density at radius 2 is 1.87 bits per heavy atom. The van der Waals surface area contributed by atoms with Gasteiger partial charge in [0.05, 0.1) is 0 Å². The number of hydrogen-bond donors (Lipinski definition) is 1. The first kappa shape index (κ1) is 10.9. The van der Waals surface area contributed by atoms with Crippen LogP contribution in [0, 0.1) is 20.8 Å². The third kappa shape index (κ3) is 2.00. The van der Waals surface area contributed by atoms with Crippen LogP contribution in [0.15, 0.2) is 17.5 Å². The Kier molecular flexibility index (Phi) is 2.96. The third-order valence-electron chi connectivity index (χ3n) is 2.48. The maximum atomic E-state index is 10.3. The molecule has 2 heterocycles. The smallest absolute Gasteiger partial charge is 0.123 e. The lowest BCUT2D eigenvalue weighted by Gasteiger charge is -2.09. The standard InChI is InChI=1S/C12H14OS2/c1-7-4-5-14-11(7)10(13)12-8(2)6-9(3)15-12/h4-6,10,13H,1-3H3. The molecule has 1 nitrogen and oxygen atoms in total. The first-order chi connectivity index (χ1) is 7.09. The Labute approximate surface area is 98.0 Å². The molecular formula is C12H14OS2. The first-order valence-electron chi connectivity index (χ1n) is 4.88. The molecule has 0 saturated heterocycles. The van der Waals surface area contributed by atoms with Crippen molar-refractivity contribution < 1.29 is 5.11 Å². The molecule has 0 aliphatic rings. The summed E-state index contributed by atoms with van der Waals surface area (Å²) < 4.78 is 0. The largest absolute Gasteiger partial charge is 0.382 e. The van der Waals surface area contributed by atoms with Gasteiger partial charge in [-0.05, 0) is 49.4 Å². The maximum Gasteiger partial charge on any atom is 0.123 e. The molecule has 1 atom stereocenters. The normalized spacial score (nSPS) is 13.1. The number of aliphatic hydroxyl groups excluding tert-OH is 1. The van der Waals surface area contributed by atoms with Crippen molar-refractivity contribution in [1.82, 2.24) is 0 Å². The van der Waals surface area contributed by atoms with Crippen LogP contribution >= 0.6 is 22.7 Å². The summed E-state index contributed by atoms with van der Waals surface area (Å²) in [6.07, 6.45) is -0.441. The van der Waals surface area contributed by atoms with Gasteiger partial charge in [-0.2, -0.15) is 0 Å². The number of aliphatic hydroxyl groups is 1. The highest BCUT2D eigenvalue weighted by molar-refractivity contribution is 7.13. The van der Waals surface area contributed by atoms with Crippen LogP contribution < -0.4 is 0 Å². The second kappa shape index (κ2) is 4.08. The number of hydrogen-bond acceptors (Lipinski definition) is 3. The summed E-state index contributed by atoms with van der Waals surface area (Å²) in [7, 11) is 0. The van der Waals surface area contributed by atoms with Gasteiger partial charge in [-0.25, -0.2) is 0 Å². The van der Waals surface area contributed by atoms with E-state index in [2.05, 4.69) is 26.0 Å². The summed E-state index contributed by atoms with van der Waals surface area (Å²) in [5.41, 5.74) is 2.37. The zero-order valence-electron chi connectivity index (χ0n) is 9.07. The molecule has 0 fully saturated rings. The summed E-state index contributed by atoms with van der Waals surface area (Å²) in [6, 6.07) is 4.19. The maximum absolute atomic E-state index is 10.3.